The number of rotatable bonds is 0. The van der Waals surface area contributed by atoms with E-state index >= 15 is 0 Å². The van der Waals surface area contributed by atoms with Crippen LogP contribution < -0.4 is 0 Å². The lowest BCUT2D eigenvalue weighted by Crippen LogP contribution is -1.77. The van der Waals surface area contributed by atoms with E-state index in [0.29, 0.717) is 11.1 Å². The summed E-state index contributed by atoms with van der Waals surface area (Å²) < 4.78 is 1.77. The highest BCUT2D eigenvalue weighted by Crippen LogP contribution is 2.45. The summed E-state index contributed by atoms with van der Waals surface area (Å²) in [7, 11) is 0. The summed E-state index contributed by atoms with van der Waals surface area (Å²) in [6, 6.07) is 4.19. The summed E-state index contributed by atoms with van der Waals surface area (Å²) in [5.41, 5.74) is 0.844. The van der Waals surface area contributed by atoms with E-state index in [2.05, 4.69) is 35.8 Å². The van der Waals surface area contributed by atoms with Crippen molar-refractivity contribution >= 4 is 47.0 Å². The van der Waals surface area contributed by atoms with E-state index in [-0.39, 0.29) is 0 Å². The fourth-order valence-corrected chi connectivity index (χ4v) is 5.41. The van der Waals surface area contributed by atoms with Gasteiger partial charge in [-0.2, -0.15) is 10.5 Å². The van der Waals surface area contributed by atoms with Crippen molar-refractivity contribution < 1.29 is 0 Å². The third-order valence-electron chi connectivity index (χ3n) is 2.24. The molecule has 0 fully saturated rings. The normalized spacial score (nSPS) is 20.4. The molecular weight excluding hydrogens is 348 g/mol. The monoisotopic (exact) mass is 356 g/mol. The molecule has 0 aliphatic carbocycles. The third-order valence-corrected chi connectivity index (χ3v) is 7.05. The van der Waals surface area contributed by atoms with Gasteiger partial charge in [0.1, 0.15) is 23.3 Å². The first-order chi connectivity index (χ1) is 10.6. The molecule has 6 heteroatoms. The second-order valence-electron chi connectivity index (χ2n) is 3.95. The van der Waals surface area contributed by atoms with Gasteiger partial charge in [0, 0.05) is 0 Å². The van der Waals surface area contributed by atoms with Crippen LogP contribution in [0.2, 0.25) is 0 Å². The Balaban J connectivity index is 2.15. The molecule has 2 aliphatic rings. The molecular formula is C16H8N2S4. The Labute approximate surface area is 147 Å². The van der Waals surface area contributed by atoms with Crippen molar-refractivity contribution in [3.8, 4) is 35.8 Å². The van der Waals surface area contributed by atoms with E-state index in [9.17, 15) is 0 Å². The molecule has 2 aliphatic heterocycles. The summed E-state index contributed by atoms with van der Waals surface area (Å²) in [5.74, 6) is 10.9. The Morgan fingerprint density at radius 1 is 0.818 bits per heavy atom. The van der Waals surface area contributed by atoms with Gasteiger partial charge in [-0.25, -0.2) is 0 Å². The van der Waals surface area contributed by atoms with Crippen molar-refractivity contribution in [1.29, 1.82) is 10.5 Å². The smallest absolute Gasteiger partial charge is 0.123 e. The summed E-state index contributed by atoms with van der Waals surface area (Å²) in [4.78, 5) is 2.30. The molecule has 0 spiro atoms. The molecule has 0 aromatic heterocycles. The topological polar surface area (TPSA) is 47.6 Å². The second-order valence-corrected chi connectivity index (χ2v) is 8.73. The van der Waals surface area contributed by atoms with Crippen molar-refractivity contribution in [3.05, 3.63) is 40.2 Å². The van der Waals surface area contributed by atoms with Crippen molar-refractivity contribution in [1.82, 2.24) is 0 Å². The first-order valence-corrected chi connectivity index (χ1v) is 9.36. The fourth-order valence-electron chi connectivity index (χ4n) is 1.32. The molecule has 0 bridgehead atoms. The quantitative estimate of drug-likeness (QED) is 0.442. The molecule has 22 heavy (non-hydrogen) atoms. The average Bonchev–Trinajstić information content (AvgIpc) is 3.12. The highest BCUT2D eigenvalue weighted by Gasteiger charge is 2.13. The van der Waals surface area contributed by atoms with Gasteiger partial charge < -0.3 is 0 Å². The zero-order valence-electron chi connectivity index (χ0n) is 11.7. The molecule has 2 rings (SSSR count). The highest BCUT2D eigenvalue weighted by atomic mass is 32.2. The SMILES string of the molecule is CC1=CS/C(=C(/C#N)C#CC#C/C(C#N)=C2/SC=C(C)S2)S1. The zero-order chi connectivity index (χ0) is 15.9. The zero-order valence-corrected chi connectivity index (χ0v) is 14.9. The van der Waals surface area contributed by atoms with Gasteiger partial charge in [0.05, 0.1) is 8.47 Å². The first-order valence-electron chi connectivity index (χ1n) is 5.97. The molecule has 0 radical (unpaired) electrons. The van der Waals surface area contributed by atoms with E-state index in [1.807, 2.05) is 24.7 Å². The molecule has 0 saturated heterocycles. The highest BCUT2D eigenvalue weighted by molar-refractivity contribution is 8.28. The molecule has 0 aromatic carbocycles. The van der Waals surface area contributed by atoms with Crippen molar-refractivity contribution in [3.63, 3.8) is 0 Å². The summed E-state index contributed by atoms with van der Waals surface area (Å²) in [5, 5.41) is 22.3. The largest absolute Gasteiger partial charge is 0.192 e. The summed E-state index contributed by atoms with van der Waals surface area (Å²) >= 11 is 6.10. The van der Waals surface area contributed by atoms with E-state index < -0.39 is 0 Å². The number of hydrogen-bond acceptors (Lipinski definition) is 6. The lowest BCUT2D eigenvalue weighted by molar-refractivity contribution is 1.51. The van der Waals surface area contributed by atoms with Gasteiger partial charge in [0.15, 0.2) is 0 Å². The van der Waals surface area contributed by atoms with Crippen LogP contribution >= 0.6 is 47.0 Å². The molecule has 0 aromatic rings. The molecule has 0 atom stereocenters. The van der Waals surface area contributed by atoms with E-state index in [4.69, 9.17) is 10.5 Å². The number of nitrogens with zero attached hydrogens (tertiary/aromatic N) is 2. The molecule has 0 unspecified atom stereocenters. The molecule has 2 nitrogen and oxygen atoms in total. The molecule has 106 valence electrons. The van der Waals surface area contributed by atoms with Gasteiger partial charge >= 0.3 is 0 Å². The fraction of sp³-hybridized carbons (Fsp3) is 0.125. The van der Waals surface area contributed by atoms with Crippen LogP contribution in [0.3, 0.4) is 0 Å². The van der Waals surface area contributed by atoms with Gasteiger partial charge in [-0.1, -0.05) is 47.0 Å². The minimum atomic E-state index is 0.422. The van der Waals surface area contributed by atoms with Crippen molar-refractivity contribution in [2.75, 3.05) is 0 Å². The lowest BCUT2D eigenvalue weighted by atomic mass is 10.3. The average molecular weight is 357 g/mol. The van der Waals surface area contributed by atoms with Gasteiger partial charge in [0.2, 0.25) is 0 Å². The van der Waals surface area contributed by atoms with Crippen molar-refractivity contribution in [2.24, 2.45) is 0 Å². The van der Waals surface area contributed by atoms with Crippen LogP contribution in [0, 0.1) is 46.3 Å². The standard InChI is InChI=1S/C16H8N2S4/c1-11-9-19-15(21-11)13(7-17)5-3-4-6-14(8-18)16-20-10-12(2)22-16/h9-10H,1-2H3/b15-13-,16-14+. The summed E-state index contributed by atoms with van der Waals surface area (Å²) in [6.45, 7) is 3.98. The van der Waals surface area contributed by atoms with Crippen LogP contribution in [0.15, 0.2) is 40.2 Å². The predicted octanol–water partition coefficient (Wildman–Crippen LogP) is 5.15. The Morgan fingerprint density at radius 3 is 1.50 bits per heavy atom. The maximum absolute atomic E-state index is 9.15. The van der Waals surface area contributed by atoms with Gasteiger partial charge in [-0.05, 0) is 58.2 Å². The van der Waals surface area contributed by atoms with Crippen LogP contribution in [0.25, 0.3) is 0 Å². The number of thioether (sulfide) groups is 4. The predicted molar refractivity (Wildman–Crippen MR) is 98.7 cm³/mol. The van der Waals surface area contributed by atoms with Crippen LogP contribution in [0.5, 0.6) is 0 Å². The van der Waals surface area contributed by atoms with Crippen LogP contribution in [-0.4, -0.2) is 0 Å². The minimum absolute atomic E-state index is 0.422. The van der Waals surface area contributed by atoms with Crippen LogP contribution in [0.1, 0.15) is 13.8 Å². The summed E-state index contributed by atoms with van der Waals surface area (Å²) in [6.07, 6.45) is 0. The van der Waals surface area contributed by atoms with E-state index in [0.717, 1.165) is 18.3 Å². The molecule has 0 saturated carbocycles. The second kappa shape index (κ2) is 8.19. The number of hydrogen-bond donors (Lipinski definition) is 0. The van der Waals surface area contributed by atoms with Gasteiger partial charge in [0.25, 0.3) is 0 Å². The van der Waals surface area contributed by atoms with E-state index in [1.165, 1.54) is 23.5 Å². The Morgan fingerprint density at radius 2 is 1.23 bits per heavy atom. The molecule has 2 heterocycles. The lowest BCUT2D eigenvalue weighted by Gasteiger charge is -1.93. The Hall–Kier alpha value is -1.54. The van der Waals surface area contributed by atoms with Crippen LogP contribution in [-0.2, 0) is 0 Å². The first kappa shape index (κ1) is 16.8. The molecule has 0 amide bonds. The Bertz CT molecular complexity index is 765. The maximum Gasteiger partial charge on any atom is 0.123 e. The molecule has 0 N–H and O–H groups in total. The third kappa shape index (κ3) is 4.48. The van der Waals surface area contributed by atoms with Gasteiger partial charge in [-0.15, -0.1) is 0 Å². The van der Waals surface area contributed by atoms with Crippen molar-refractivity contribution in [2.45, 2.75) is 13.8 Å². The van der Waals surface area contributed by atoms with Gasteiger partial charge in [-0.3, -0.25) is 0 Å². The van der Waals surface area contributed by atoms with E-state index in [1.54, 1.807) is 23.5 Å². The maximum atomic E-state index is 9.15. The number of nitriles is 2. The van der Waals surface area contributed by atoms with Crippen LogP contribution in [0.4, 0.5) is 0 Å². The Kier molecular flexibility index (Phi) is 6.26. The minimum Gasteiger partial charge on any atom is -0.192 e. The number of allylic oxidation sites excluding steroid dienone is 4.